The maximum Gasteiger partial charge on any atom is 0.243 e. The maximum absolute atomic E-state index is 11.9. The van der Waals surface area contributed by atoms with Crippen molar-refractivity contribution in [2.45, 2.75) is 57.7 Å². The van der Waals surface area contributed by atoms with Crippen molar-refractivity contribution in [1.82, 2.24) is 20.4 Å². The Morgan fingerprint density at radius 2 is 1.86 bits per heavy atom. The van der Waals surface area contributed by atoms with E-state index in [2.05, 4.69) is 64.8 Å². The molecule has 2 rings (SSSR count). The minimum Gasteiger partial charge on any atom is -0.356 e. The Morgan fingerprint density at radius 1 is 1.18 bits per heavy atom. The number of rotatable bonds is 9. The van der Waals surface area contributed by atoms with Crippen LogP contribution in [0.3, 0.4) is 0 Å². The summed E-state index contributed by atoms with van der Waals surface area (Å²) in [5, 5.41) is 6.94. The lowest BCUT2D eigenvalue weighted by Crippen LogP contribution is -2.44. The van der Waals surface area contributed by atoms with Gasteiger partial charge in [-0.2, -0.15) is 0 Å². The highest BCUT2D eigenvalue weighted by Crippen LogP contribution is 2.17. The van der Waals surface area contributed by atoms with Gasteiger partial charge in [-0.15, -0.1) is 0 Å². The van der Waals surface area contributed by atoms with E-state index in [9.17, 15) is 4.79 Å². The van der Waals surface area contributed by atoms with E-state index in [0.29, 0.717) is 12.1 Å². The highest BCUT2D eigenvalue weighted by atomic mass is 16.2. The second kappa shape index (κ2) is 11.7. The number of hydrogen-bond donors (Lipinski definition) is 2. The number of benzene rings is 1. The zero-order chi connectivity index (χ0) is 20.4. The molecule has 1 aromatic rings. The van der Waals surface area contributed by atoms with Gasteiger partial charge >= 0.3 is 0 Å². The molecule has 0 saturated heterocycles. The van der Waals surface area contributed by atoms with Crippen LogP contribution in [0.2, 0.25) is 0 Å². The predicted molar refractivity (Wildman–Crippen MR) is 116 cm³/mol. The molecule has 6 nitrogen and oxygen atoms in total. The SMILES string of the molecule is CC(CCNC(=NCC(=O)N(C)C)NC1CCCC1)N(C)Cc1ccccc1. The molecule has 6 heteroatoms. The number of amides is 1. The van der Waals surface area contributed by atoms with Crippen molar-refractivity contribution in [3.8, 4) is 0 Å². The molecule has 1 saturated carbocycles. The van der Waals surface area contributed by atoms with E-state index < -0.39 is 0 Å². The molecule has 28 heavy (non-hydrogen) atoms. The molecule has 1 fully saturated rings. The van der Waals surface area contributed by atoms with E-state index in [-0.39, 0.29) is 12.5 Å². The van der Waals surface area contributed by atoms with Gasteiger partial charge in [0.25, 0.3) is 0 Å². The summed E-state index contributed by atoms with van der Waals surface area (Å²) >= 11 is 0. The van der Waals surface area contributed by atoms with E-state index in [1.165, 1.54) is 31.2 Å². The normalized spacial score (nSPS) is 16.2. The van der Waals surface area contributed by atoms with Gasteiger partial charge in [0.15, 0.2) is 5.96 Å². The monoisotopic (exact) mass is 387 g/mol. The average Bonchev–Trinajstić information content (AvgIpc) is 3.19. The van der Waals surface area contributed by atoms with E-state index in [0.717, 1.165) is 25.5 Å². The van der Waals surface area contributed by atoms with Crippen LogP contribution in [-0.2, 0) is 11.3 Å². The molecule has 0 aliphatic heterocycles. The van der Waals surface area contributed by atoms with Gasteiger partial charge in [-0.05, 0) is 38.8 Å². The Kier molecular flexibility index (Phi) is 9.28. The lowest BCUT2D eigenvalue weighted by molar-refractivity contribution is -0.127. The Morgan fingerprint density at radius 3 is 2.50 bits per heavy atom. The number of guanidine groups is 1. The van der Waals surface area contributed by atoms with E-state index in [1.54, 1.807) is 19.0 Å². The van der Waals surface area contributed by atoms with Gasteiger partial charge in [0.05, 0.1) is 0 Å². The third-order valence-corrected chi connectivity index (χ3v) is 5.45. The minimum absolute atomic E-state index is 0.0171. The standard InChI is InChI=1S/C22H37N5O/c1-18(27(4)17-19-10-6-5-7-11-19)14-15-23-22(24-16-21(28)26(2)3)25-20-12-8-9-13-20/h5-7,10-11,18,20H,8-9,12-17H2,1-4H3,(H2,23,24,25). The molecule has 0 radical (unpaired) electrons. The van der Waals surface area contributed by atoms with E-state index >= 15 is 0 Å². The van der Waals surface area contributed by atoms with Crippen LogP contribution in [-0.4, -0.2) is 68.0 Å². The Bertz CT molecular complexity index is 611. The minimum atomic E-state index is 0.0171. The molecule has 0 aromatic heterocycles. The first-order valence-electron chi connectivity index (χ1n) is 10.4. The molecule has 1 unspecified atom stereocenters. The molecule has 1 aromatic carbocycles. The van der Waals surface area contributed by atoms with Gasteiger partial charge in [-0.25, -0.2) is 4.99 Å². The van der Waals surface area contributed by atoms with Gasteiger partial charge < -0.3 is 15.5 Å². The first kappa shape index (κ1) is 22.2. The van der Waals surface area contributed by atoms with E-state index in [4.69, 9.17) is 0 Å². The van der Waals surface area contributed by atoms with Crippen molar-refractivity contribution < 1.29 is 4.79 Å². The Labute approximate surface area is 170 Å². The number of carbonyl (C=O) groups is 1. The van der Waals surface area contributed by atoms with Gasteiger partial charge in [-0.1, -0.05) is 43.2 Å². The van der Waals surface area contributed by atoms with Crippen LogP contribution in [0.25, 0.3) is 0 Å². The average molecular weight is 388 g/mol. The number of aliphatic imine (C=N–C) groups is 1. The zero-order valence-corrected chi connectivity index (χ0v) is 17.9. The summed E-state index contributed by atoms with van der Waals surface area (Å²) in [5.74, 6) is 0.781. The Balaban J connectivity index is 1.81. The van der Waals surface area contributed by atoms with Crippen LogP contribution in [0.15, 0.2) is 35.3 Å². The molecule has 0 bridgehead atoms. The van der Waals surface area contributed by atoms with E-state index in [1.807, 2.05) is 0 Å². The summed E-state index contributed by atoms with van der Waals surface area (Å²) in [5.41, 5.74) is 1.33. The molecule has 0 heterocycles. The number of nitrogens with zero attached hydrogens (tertiary/aromatic N) is 3. The Hall–Kier alpha value is -2.08. The highest BCUT2D eigenvalue weighted by Gasteiger charge is 2.17. The second-order valence-corrected chi connectivity index (χ2v) is 8.04. The van der Waals surface area contributed by atoms with Crippen LogP contribution in [0, 0.1) is 0 Å². The zero-order valence-electron chi connectivity index (χ0n) is 17.9. The molecule has 0 spiro atoms. The molecule has 156 valence electrons. The third-order valence-electron chi connectivity index (χ3n) is 5.45. The first-order chi connectivity index (χ1) is 13.5. The van der Waals surface area contributed by atoms with Crippen molar-refractivity contribution in [3.05, 3.63) is 35.9 Å². The summed E-state index contributed by atoms with van der Waals surface area (Å²) < 4.78 is 0. The lowest BCUT2D eigenvalue weighted by Gasteiger charge is -2.25. The van der Waals surface area contributed by atoms with Crippen molar-refractivity contribution in [3.63, 3.8) is 0 Å². The number of carbonyl (C=O) groups excluding carboxylic acids is 1. The summed E-state index contributed by atoms with van der Waals surface area (Å²) in [6, 6.07) is 11.5. The predicted octanol–water partition coefficient (Wildman–Crippen LogP) is 2.46. The molecule has 1 amide bonds. The molecular weight excluding hydrogens is 350 g/mol. The second-order valence-electron chi connectivity index (χ2n) is 8.04. The molecule has 1 aliphatic rings. The van der Waals surface area contributed by atoms with Crippen molar-refractivity contribution in [2.75, 3.05) is 34.2 Å². The summed E-state index contributed by atoms with van der Waals surface area (Å²) in [6.07, 6.45) is 5.90. The van der Waals surface area contributed by atoms with Crippen molar-refractivity contribution in [1.29, 1.82) is 0 Å². The fourth-order valence-electron chi connectivity index (χ4n) is 3.35. The maximum atomic E-state index is 11.9. The molecule has 2 N–H and O–H groups in total. The summed E-state index contributed by atoms with van der Waals surface area (Å²) in [6.45, 7) is 4.20. The summed E-state index contributed by atoms with van der Waals surface area (Å²) in [4.78, 5) is 20.3. The van der Waals surface area contributed by atoms with Gasteiger partial charge in [0.2, 0.25) is 5.91 Å². The van der Waals surface area contributed by atoms with Crippen LogP contribution in [0.4, 0.5) is 0 Å². The van der Waals surface area contributed by atoms with Gasteiger partial charge in [0, 0.05) is 39.3 Å². The number of nitrogens with one attached hydrogen (secondary N) is 2. The van der Waals surface area contributed by atoms with Crippen LogP contribution < -0.4 is 10.6 Å². The third kappa shape index (κ3) is 7.89. The van der Waals surface area contributed by atoms with Crippen LogP contribution in [0.1, 0.15) is 44.6 Å². The van der Waals surface area contributed by atoms with Crippen molar-refractivity contribution in [2.24, 2.45) is 4.99 Å². The number of hydrogen-bond acceptors (Lipinski definition) is 3. The van der Waals surface area contributed by atoms with Gasteiger partial charge in [-0.3, -0.25) is 9.69 Å². The molecule has 1 aliphatic carbocycles. The topological polar surface area (TPSA) is 60.0 Å². The largest absolute Gasteiger partial charge is 0.356 e. The number of likely N-dealkylation sites (N-methyl/N-ethyl adjacent to an activating group) is 1. The summed E-state index contributed by atoms with van der Waals surface area (Å²) in [7, 11) is 5.69. The fraction of sp³-hybridized carbons (Fsp3) is 0.636. The highest BCUT2D eigenvalue weighted by molar-refractivity contribution is 5.84. The smallest absolute Gasteiger partial charge is 0.243 e. The van der Waals surface area contributed by atoms with Crippen LogP contribution >= 0.6 is 0 Å². The quantitative estimate of drug-likeness (QED) is 0.505. The molecule has 1 atom stereocenters. The van der Waals surface area contributed by atoms with Crippen molar-refractivity contribution >= 4 is 11.9 Å². The van der Waals surface area contributed by atoms with Crippen LogP contribution in [0.5, 0.6) is 0 Å². The molecular formula is C22H37N5O. The van der Waals surface area contributed by atoms with Gasteiger partial charge in [0.1, 0.15) is 6.54 Å². The fourth-order valence-corrected chi connectivity index (χ4v) is 3.35. The first-order valence-corrected chi connectivity index (χ1v) is 10.4. The lowest BCUT2D eigenvalue weighted by atomic mass is 10.1.